The van der Waals surface area contributed by atoms with Gasteiger partial charge in [0.2, 0.25) is 5.91 Å². The number of nitrogens with zero attached hydrogens (tertiary/aromatic N) is 2. The maximum Gasteiger partial charge on any atom is 0.240 e. The third-order valence-electron chi connectivity index (χ3n) is 3.66. The van der Waals surface area contributed by atoms with Crippen molar-refractivity contribution in [3.63, 3.8) is 0 Å². The van der Waals surface area contributed by atoms with Gasteiger partial charge in [-0.05, 0) is 31.5 Å². The van der Waals surface area contributed by atoms with Crippen LogP contribution in [0.5, 0.6) is 0 Å². The fraction of sp³-hybridized carbons (Fsp3) is 0.429. The topological polar surface area (TPSA) is 71.2 Å². The lowest BCUT2D eigenvalue weighted by Gasteiger charge is -2.21. The SMILES string of the molecule is NCC1CCCN1CC(=O)Nc1nc2ccccc2s1. The lowest BCUT2D eigenvalue weighted by atomic mass is 10.2. The zero-order valence-corrected chi connectivity index (χ0v) is 12.0. The van der Waals surface area contributed by atoms with Crippen LogP contribution in [0, 0.1) is 0 Å². The molecule has 0 saturated carbocycles. The first-order valence-electron chi connectivity index (χ1n) is 6.86. The monoisotopic (exact) mass is 290 g/mol. The van der Waals surface area contributed by atoms with Crippen LogP contribution in [0.1, 0.15) is 12.8 Å². The second kappa shape index (κ2) is 5.87. The third kappa shape index (κ3) is 2.82. The summed E-state index contributed by atoms with van der Waals surface area (Å²) >= 11 is 1.50. The minimum absolute atomic E-state index is 0.00981. The van der Waals surface area contributed by atoms with Crippen LogP contribution < -0.4 is 11.1 Å². The molecule has 0 bridgehead atoms. The summed E-state index contributed by atoms with van der Waals surface area (Å²) in [5, 5.41) is 3.56. The minimum Gasteiger partial charge on any atom is -0.329 e. The minimum atomic E-state index is -0.00981. The number of nitrogens with one attached hydrogen (secondary N) is 1. The molecule has 106 valence electrons. The van der Waals surface area contributed by atoms with Gasteiger partial charge in [-0.2, -0.15) is 0 Å². The highest BCUT2D eigenvalue weighted by Gasteiger charge is 2.25. The molecule has 1 fully saturated rings. The maximum absolute atomic E-state index is 12.1. The Bertz CT molecular complexity index is 579. The Morgan fingerprint density at radius 2 is 2.35 bits per heavy atom. The first kappa shape index (κ1) is 13.5. The van der Waals surface area contributed by atoms with Crippen molar-refractivity contribution in [2.24, 2.45) is 5.73 Å². The van der Waals surface area contributed by atoms with Crippen LogP contribution >= 0.6 is 11.3 Å². The number of carbonyl (C=O) groups excluding carboxylic acids is 1. The van der Waals surface area contributed by atoms with Crippen molar-refractivity contribution in [1.29, 1.82) is 0 Å². The van der Waals surface area contributed by atoms with Gasteiger partial charge in [0.05, 0.1) is 16.8 Å². The molecule has 20 heavy (non-hydrogen) atoms. The molecule has 0 spiro atoms. The second-order valence-electron chi connectivity index (χ2n) is 5.04. The summed E-state index contributed by atoms with van der Waals surface area (Å²) in [4.78, 5) is 18.6. The van der Waals surface area contributed by atoms with Gasteiger partial charge in [0.25, 0.3) is 0 Å². The normalized spacial score (nSPS) is 19.6. The van der Waals surface area contributed by atoms with Gasteiger partial charge in [0, 0.05) is 12.6 Å². The zero-order valence-electron chi connectivity index (χ0n) is 11.2. The molecule has 1 aliphatic rings. The van der Waals surface area contributed by atoms with E-state index in [1.165, 1.54) is 11.3 Å². The zero-order chi connectivity index (χ0) is 13.9. The van der Waals surface area contributed by atoms with Crippen molar-refractivity contribution in [2.75, 3.05) is 25.0 Å². The molecule has 0 radical (unpaired) electrons. The van der Waals surface area contributed by atoms with E-state index < -0.39 is 0 Å². The quantitative estimate of drug-likeness (QED) is 0.898. The van der Waals surface area contributed by atoms with E-state index in [0.717, 1.165) is 29.6 Å². The summed E-state index contributed by atoms with van der Waals surface area (Å²) in [6.45, 7) is 1.97. The summed E-state index contributed by atoms with van der Waals surface area (Å²) < 4.78 is 1.09. The number of benzene rings is 1. The Balaban J connectivity index is 1.63. The van der Waals surface area contributed by atoms with Gasteiger partial charge in [0.15, 0.2) is 5.13 Å². The van der Waals surface area contributed by atoms with Gasteiger partial charge < -0.3 is 11.1 Å². The standard InChI is InChI=1S/C14H18N4OS/c15-8-10-4-3-7-18(10)9-13(19)17-14-16-11-5-1-2-6-12(11)20-14/h1-2,5-6,10H,3-4,7-9,15H2,(H,16,17,19). The number of nitrogens with two attached hydrogens (primary N) is 1. The number of rotatable bonds is 4. The molecular formula is C14H18N4OS. The molecule has 3 rings (SSSR count). The molecule has 1 atom stereocenters. The first-order chi connectivity index (χ1) is 9.76. The number of hydrogen-bond acceptors (Lipinski definition) is 5. The van der Waals surface area contributed by atoms with Crippen molar-refractivity contribution in [3.8, 4) is 0 Å². The Hall–Kier alpha value is -1.50. The van der Waals surface area contributed by atoms with Crippen LogP contribution in [-0.2, 0) is 4.79 Å². The molecule has 3 N–H and O–H groups in total. The largest absolute Gasteiger partial charge is 0.329 e. The molecule has 1 saturated heterocycles. The summed E-state index contributed by atoms with van der Waals surface area (Å²) in [5.41, 5.74) is 6.64. The molecule has 0 aliphatic carbocycles. The molecule has 1 aliphatic heterocycles. The van der Waals surface area contributed by atoms with E-state index in [2.05, 4.69) is 15.2 Å². The molecule has 2 aromatic rings. The Morgan fingerprint density at radius 3 is 3.15 bits per heavy atom. The van der Waals surface area contributed by atoms with Crippen LogP contribution in [-0.4, -0.2) is 41.5 Å². The number of thiazole rings is 1. The van der Waals surface area contributed by atoms with Gasteiger partial charge in [-0.1, -0.05) is 23.5 Å². The molecule has 5 nitrogen and oxygen atoms in total. The number of anilines is 1. The van der Waals surface area contributed by atoms with Crippen LogP contribution in [0.4, 0.5) is 5.13 Å². The molecule has 6 heteroatoms. The highest BCUT2D eigenvalue weighted by molar-refractivity contribution is 7.22. The van der Waals surface area contributed by atoms with Crippen molar-refractivity contribution < 1.29 is 4.79 Å². The average Bonchev–Trinajstić information content (AvgIpc) is 3.03. The number of carbonyl (C=O) groups is 1. The van der Waals surface area contributed by atoms with E-state index in [9.17, 15) is 4.79 Å². The molecule has 2 heterocycles. The fourth-order valence-corrected chi connectivity index (χ4v) is 3.52. The lowest BCUT2D eigenvalue weighted by molar-refractivity contribution is -0.117. The van der Waals surface area contributed by atoms with E-state index in [1.54, 1.807) is 0 Å². The number of fused-ring (bicyclic) bond motifs is 1. The van der Waals surface area contributed by atoms with Crippen molar-refractivity contribution in [3.05, 3.63) is 24.3 Å². The summed E-state index contributed by atoms with van der Waals surface area (Å²) in [6.07, 6.45) is 2.21. The smallest absolute Gasteiger partial charge is 0.240 e. The summed E-state index contributed by atoms with van der Waals surface area (Å²) in [5.74, 6) is -0.00981. The lowest BCUT2D eigenvalue weighted by Crippen LogP contribution is -2.40. The molecule has 1 aromatic carbocycles. The van der Waals surface area contributed by atoms with E-state index in [-0.39, 0.29) is 5.91 Å². The summed E-state index contributed by atoms with van der Waals surface area (Å²) in [6, 6.07) is 8.22. The fourth-order valence-electron chi connectivity index (χ4n) is 2.64. The third-order valence-corrected chi connectivity index (χ3v) is 4.61. The first-order valence-corrected chi connectivity index (χ1v) is 7.67. The highest BCUT2D eigenvalue weighted by atomic mass is 32.1. The number of hydrogen-bond donors (Lipinski definition) is 2. The van der Waals surface area contributed by atoms with Crippen LogP contribution in [0.25, 0.3) is 10.2 Å². The van der Waals surface area contributed by atoms with E-state index >= 15 is 0 Å². The van der Waals surface area contributed by atoms with Crippen molar-refractivity contribution in [1.82, 2.24) is 9.88 Å². The molecule has 1 unspecified atom stereocenters. The van der Waals surface area contributed by atoms with Crippen LogP contribution in [0.15, 0.2) is 24.3 Å². The molecular weight excluding hydrogens is 272 g/mol. The predicted molar refractivity (Wildman–Crippen MR) is 81.9 cm³/mol. The number of aromatic nitrogens is 1. The van der Waals surface area contributed by atoms with Crippen molar-refractivity contribution in [2.45, 2.75) is 18.9 Å². The van der Waals surface area contributed by atoms with Crippen molar-refractivity contribution >= 4 is 32.6 Å². The molecule has 1 aromatic heterocycles. The van der Waals surface area contributed by atoms with Gasteiger partial charge in [0.1, 0.15) is 0 Å². The number of amides is 1. The van der Waals surface area contributed by atoms with Crippen LogP contribution in [0.3, 0.4) is 0 Å². The number of likely N-dealkylation sites (tertiary alicyclic amines) is 1. The van der Waals surface area contributed by atoms with Gasteiger partial charge in [-0.3, -0.25) is 9.69 Å². The Kier molecular flexibility index (Phi) is 3.95. The number of para-hydroxylation sites is 1. The highest BCUT2D eigenvalue weighted by Crippen LogP contribution is 2.25. The maximum atomic E-state index is 12.1. The summed E-state index contributed by atoms with van der Waals surface area (Å²) in [7, 11) is 0. The Labute approximate surface area is 121 Å². The predicted octanol–water partition coefficient (Wildman–Crippen LogP) is 1.66. The Morgan fingerprint density at radius 1 is 1.50 bits per heavy atom. The van der Waals surface area contributed by atoms with E-state index in [0.29, 0.717) is 24.3 Å². The van der Waals surface area contributed by atoms with Gasteiger partial charge in [-0.25, -0.2) is 4.98 Å². The van der Waals surface area contributed by atoms with Crippen LogP contribution in [0.2, 0.25) is 0 Å². The van der Waals surface area contributed by atoms with Gasteiger partial charge in [-0.15, -0.1) is 0 Å². The second-order valence-corrected chi connectivity index (χ2v) is 6.07. The average molecular weight is 290 g/mol. The van der Waals surface area contributed by atoms with E-state index in [4.69, 9.17) is 5.73 Å². The van der Waals surface area contributed by atoms with Gasteiger partial charge >= 0.3 is 0 Å². The molecule has 1 amide bonds. The van der Waals surface area contributed by atoms with E-state index in [1.807, 2.05) is 24.3 Å².